The number of carbonyl (C=O) groups is 3. The maximum atomic E-state index is 14.1. The molecule has 0 spiro atoms. The molecule has 0 aromatic carbocycles. The molecule has 11 atom stereocenters. The van der Waals surface area contributed by atoms with Crippen LogP contribution in [0.5, 0.6) is 0 Å². The second-order valence-corrected chi connectivity index (χ2v) is 16.9. The molecule has 0 bridgehead atoms. The minimum Gasteiger partial charge on any atom is -0.457 e. The summed E-state index contributed by atoms with van der Waals surface area (Å²) in [6, 6.07) is -1.49. The van der Waals surface area contributed by atoms with Crippen molar-refractivity contribution in [2.24, 2.45) is 11.0 Å². The van der Waals surface area contributed by atoms with E-state index in [1.54, 1.807) is 48.5 Å². The SMILES string of the molecule is CC[C@@H](O)[C@@]1(C)OC(=O)N(CCCCN=[N+]=[N-])[C@@H]1[C@@H](C)NC(=O)[C@H](C)C[C@@](C)(OC)[C@@H](CC1=C(C)C(=O)OC(C)(C)O1)O[C@@H]1OC(C)CC(N(C)C)C1P=O. The topological polar surface area (TPSA) is 211 Å². The molecule has 0 radical (unpaired) electrons. The zero-order valence-electron chi connectivity index (χ0n) is 34.6. The summed E-state index contributed by atoms with van der Waals surface area (Å²) in [7, 11) is 5.18. The predicted octanol–water partition coefficient (Wildman–Crippen LogP) is 5.45. The Hall–Kier alpha value is -3.04. The maximum Gasteiger partial charge on any atom is 0.410 e. The fourth-order valence-electron chi connectivity index (χ4n) is 7.91. The van der Waals surface area contributed by atoms with Gasteiger partial charge >= 0.3 is 12.1 Å². The third-order valence-corrected chi connectivity index (χ3v) is 12.0. The monoisotopic (exact) mass is 798 g/mol. The third-order valence-electron chi connectivity index (χ3n) is 11.1. The molecule has 0 saturated carbocycles. The molecule has 0 aromatic heterocycles. The van der Waals surface area contributed by atoms with Gasteiger partial charge in [0.15, 0.2) is 20.4 Å². The average Bonchev–Trinajstić information content (AvgIpc) is 3.38. The van der Waals surface area contributed by atoms with Crippen LogP contribution in [-0.4, -0.2) is 133 Å². The van der Waals surface area contributed by atoms with Gasteiger partial charge in [-0.05, 0) is 86.3 Å². The molecule has 3 heterocycles. The van der Waals surface area contributed by atoms with Crippen LogP contribution >= 0.6 is 8.46 Å². The first-order valence-electron chi connectivity index (χ1n) is 19.1. The molecule has 2 N–H and O–H groups in total. The molecule has 0 aromatic rings. The Morgan fingerprint density at radius 3 is 2.47 bits per heavy atom. The Bertz CT molecular complexity index is 1460. The Balaban J connectivity index is 1.93. The second kappa shape index (κ2) is 19.4. The number of hydrogen-bond donors (Lipinski definition) is 2. The van der Waals surface area contributed by atoms with E-state index < -0.39 is 71.2 Å². The molecule has 55 heavy (non-hydrogen) atoms. The van der Waals surface area contributed by atoms with Gasteiger partial charge in [-0.25, -0.2) is 9.59 Å². The van der Waals surface area contributed by atoms with E-state index in [1.807, 2.05) is 32.8 Å². The van der Waals surface area contributed by atoms with Gasteiger partial charge in [0.25, 0.3) is 0 Å². The molecule has 3 rings (SSSR count). The standard InChI is InChI=1S/C37H63N6O11P/c1-13-27(44)37(9)30(43(34(47)54-37)17-15-14-16-39-41-38)24(5)40-31(45)21(2)20-36(8,49-12)28(19-26-23(4)32(46)53-35(6,7)52-26)51-33-29(55-48)25(42(10)11)18-22(3)50-33/h21-22,24-25,27-30,33,44H,13-20H2,1-12H3,(H,40,45)/t21-,22?,24-,25?,27-,28-,29?,30-,33+,36-,37-/m1/s1. The molecule has 18 heteroatoms. The number of nitrogens with zero attached hydrogens (tertiary/aromatic N) is 5. The number of ether oxygens (including phenoxy) is 6. The molecule has 312 valence electrons. The highest BCUT2D eigenvalue weighted by Gasteiger charge is 2.57. The van der Waals surface area contributed by atoms with Gasteiger partial charge in [-0.1, -0.05) is 19.0 Å². The zero-order valence-corrected chi connectivity index (χ0v) is 35.5. The van der Waals surface area contributed by atoms with Crippen LogP contribution in [0.1, 0.15) is 101 Å². The number of carbonyl (C=O) groups excluding carboxylic acids is 3. The van der Waals surface area contributed by atoms with Crippen LogP contribution in [-0.2, 0) is 42.6 Å². The van der Waals surface area contributed by atoms with Crippen molar-refractivity contribution in [1.29, 1.82) is 0 Å². The fourth-order valence-corrected chi connectivity index (χ4v) is 8.68. The third kappa shape index (κ3) is 11.1. The van der Waals surface area contributed by atoms with Crippen LogP contribution in [0.25, 0.3) is 10.4 Å². The van der Waals surface area contributed by atoms with E-state index in [1.165, 1.54) is 12.0 Å². The smallest absolute Gasteiger partial charge is 0.410 e. The summed E-state index contributed by atoms with van der Waals surface area (Å²) in [5.41, 5.74) is 5.84. The summed E-state index contributed by atoms with van der Waals surface area (Å²) >= 11 is 0. The van der Waals surface area contributed by atoms with Crippen molar-refractivity contribution in [1.82, 2.24) is 15.1 Å². The summed E-state index contributed by atoms with van der Waals surface area (Å²) in [6.07, 6.45) is -1.42. The van der Waals surface area contributed by atoms with Gasteiger partial charge < -0.3 is 43.7 Å². The predicted molar refractivity (Wildman–Crippen MR) is 203 cm³/mol. The van der Waals surface area contributed by atoms with E-state index in [2.05, 4.69) is 15.3 Å². The number of aliphatic hydroxyl groups excluding tert-OH is 1. The van der Waals surface area contributed by atoms with Crippen molar-refractivity contribution in [3.63, 3.8) is 0 Å². The molecule has 3 aliphatic heterocycles. The molecule has 2 amide bonds. The lowest BCUT2D eigenvalue weighted by Crippen LogP contribution is -2.61. The van der Waals surface area contributed by atoms with Gasteiger partial charge in [0, 0.05) is 57.3 Å². The zero-order chi connectivity index (χ0) is 41.5. The second-order valence-electron chi connectivity index (χ2n) is 16.1. The van der Waals surface area contributed by atoms with Crippen molar-refractivity contribution in [2.75, 3.05) is 34.3 Å². The van der Waals surface area contributed by atoms with Gasteiger partial charge in [-0.3, -0.25) is 14.3 Å². The van der Waals surface area contributed by atoms with Crippen LogP contribution in [0, 0.1) is 5.92 Å². The van der Waals surface area contributed by atoms with E-state index in [0.717, 1.165) is 0 Å². The van der Waals surface area contributed by atoms with Crippen molar-refractivity contribution in [3.8, 4) is 0 Å². The maximum absolute atomic E-state index is 14.1. The Morgan fingerprint density at radius 2 is 1.89 bits per heavy atom. The molecule has 0 aliphatic carbocycles. The summed E-state index contributed by atoms with van der Waals surface area (Å²) in [5.74, 6) is -2.46. The first kappa shape index (κ1) is 46.3. The first-order chi connectivity index (χ1) is 25.7. The molecular formula is C37H63N6O11P. The number of methoxy groups -OCH3 is 1. The number of cyclic esters (lactones) is 2. The van der Waals surface area contributed by atoms with Crippen molar-refractivity contribution in [2.45, 2.75) is 166 Å². The van der Waals surface area contributed by atoms with Gasteiger partial charge in [-0.15, -0.1) is 0 Å². The van der Waals surface area contributed by atoms with E-state index >= 15 is 0 Å². The van der Waals surface area contributed by atoms with Crippen LogP contribution in [0.15, 0.2) is 16.4 Å². The number of amides is 2. The number of rotatable bonds is 20. The molecule has 2 saturated heterocycles. The summed E-state index contributed by atoms with van der Waals surface area (Å²) in [6.45, 7) is 16.1. The number of esters is 1. The average molecular weight is 799 g/mol. The Kier molecular flexibility index (Phi) is 16.4. The van der Waals surface area contributed by atoms with Gasteiger partial charge in [0.05, 0.1) is 41.6 Å². The fraction of sp³-hybridized carbons (Fsp3) is 0.865. The number of unbranched alkanes of at least 4 members (excludes halogenated alkanes) is 1. The minimum atomic E-state index is -1.31. The lowest BCUT2D eigenvalue weighted by molar-refractivity contribution is -0.256. The Labute approximate surface area is 326 Å². The van der Waals surface area contributed by atoms with Gasteiger partial charge in [-0.2, -0.15) is 0 Å². The molecule has 17 nitrogen and oxygen atoms in total. The lowest BCUT2D eigenvalue weighted by atomic mass is 9.83. The Morgan fingerprint density at radius 1 is 1.22 bits per heavy atom. The number of azide groups is 1. The van der Waals surface area contributed by atoms with Gasteiger partial charge in [0.1, 0.15) is 11.4 Å². The molecular weight excluding hydrogens is 735 g/mol. The van der Waals surface area contributed by atoms with Crippen LogP contribution < -0.4 is 5.32 Å². The number of aliphatic hydroxyl groups is 1. The highest BCUT2D eigenvalue weighted by molar-refractivity contribution is 7.25. The summed E-state index contributed by atoms with van der Waals surface area (Å²) in [4.78, 5) is 46.5. The van der Waals surface area contributed by atoms with Crippen LogP contribution in [0.4, 0.5) is 4.79 Å². The highest BCUT2D eigenvalue weighted by atomic mass is 31.1. The number of hydrogen-bond acceptors (Lipinski definition) is 13. The van der Waals surface area contributed by atoms with Crippen molar-refractivity contribution in [3.05, 3.63) is 21.8 Å². The largest absolute Gasteiger partial charge is 0.457 e. The van der Waals surface area contributed by atoms with Crippen molar-refractivity contribution >= 4 is 26.4 Å². The van der Waals surface area contributed by atoms with Gasteiger partial charge in [0.2, 0.25) is 11.7 Å². The van der Waals surface area contributed by atoms with E-state index in [9.17, 15) is 24.1 Å². The van der Waals surface area contributed by atoms with Crippen LogP contribution in [0.2, 0.25) is 0 Å². The normalized spacial score (nSPS) is 30.1. The minimum absolute atomic E-state index is 0.0478. The molecule has 3 unspecified atom stereocenters. The summed E-state index contributed by atoms with van der Waals surface area (Å²) in [5, 5.41) is 17.7. The molecule has 3 aliphatic rings. The van der Waals surface area contributed by atoms with E-state index in [0.29, 0.717) is 31.4 Å². The number of nitrogens with one attached hydrogen (secondary N) is 1. The highest BCUT2D eigenvalue weighted by Crippen LogP contribution is 2.40. The van der Waals surface area contributed by atoms with Crippen LogP contribution in [0.3, 0.4) is 0 Å². The molecule has 2 fully saturated rings. The summed E-state index contributed by atoms with van der Waals surface area (Å²) < 4.78 is 49.3. The van der Waals surface area contributed by atoms with E-state index in [-0.39, 0.29) is 58.0 Å². The quantitative estimate of drug-likeness (QED) is 0.0394. The lowest BCUT2D eigenvalue weighted by Gasteiger charge is -2.45. The van der Waals surface area contributed by atoms with E-state index in [4.69, 9.17) is 34.0 Å². The first-order valence-corrected chi connectivity index (χ1v) is 20.0. The van der Waals surface area contributed by atoms with Crippen molar-refractivity contribution < 1.29 is 52.5 Å².